The fraction of sp³-hybridized carbons (Fsp3) is 0.0500. The maximum absolute atomic E-state index is 13.4. The maximum atomic E-state index is 13.4. The van der Waals surface area contributed by atoms with Crippen molar-refractivity contribution in [3.05, 3.63) is 93.5 Å². The van der Waals surface area contributed by atoms with Crippen LogP contribution in [0.15, 0.2) is 77.7 Å². The number of carbonyl (C=O) groups is 1. The highest BCUT2D eigenvalue weighted by atomic mass is 35.5. The summed E-state index contributed by atoms with van der Waals surface area (Å²) in [6.45, 7) is 0. The monoisotopic (exact) mass is 446 g/mol. The van der Waals surface area contributed by atoms with Crippen molar-refractivity contribution in [2.45, 2.75) is 4.90 Å². The smallest absolute Gasteiger partial charge is 0.282 e. The molecule has 30 heavy (non-hydrogen) atoms. The van der Waals surface area contributed by atoms with Crippen molar-refractivity contribution in [2.75, 3.05) is 11.4 Å². The number of hydrogen-bond acceptors (Lipinski definition) is 6. The van der Waals surface area contributed by atoms with Crippen molar-refractivity contribution in [2.24, 2.45) is 0 Å². The summed E-state index contributed by atoms with van der Waals surface area (Å²) in [7, 11) is -2.98. The summed E-state index contributed by atoms with van der Waals surface area (Å²) in [6, 6.07) is 16.1. The van der Waals surface area contributed by atoms with Gasteiger partial charge in [-0.05, 0) is 54.6 Å². The Labute approximate surface area is 177 Å². The second kappa shape index (κ2) is 8.52. The Morgan fingerprint density at radius 2 is 1.60 bits per heavy atom. The van der Waals surface area contributed by atoms with Crippen LogP contribution >= 0.6 is 11.6 Å². The van der Waals surface area contributed by atoms with E-state index in [1.54, 1.807) is 0 Å². The molecule has 0 aromatic heterocycles. The third-order valence-corrected chi connectivity index (χ3v) is 6.15. The van der Waals surface area contributed by atoms with Gasteiger partial charge >= 0.3 is 0 Å². The van der Waals surface area contributed by atoms with Crippen LogP contribution in [0.1, 0.15) is 10.4 Å². The van der Waals surface area contributed by atoms with Crippen molar-refractivity contribution in [3.8, 4) is 5.75 Å². The first-order valence-corrected chi connectivity index (χ1v) is 10.3. The number of anilines is 1. The minimum atomic E-state index is -4.42. The molecule has 0 saturated heterocycles. The van der Waals surface area contributed by atoms with E-state index >= 15 is 0 Å². The van der Waals surface area contributed by atoms with Gasteiger partial charge < -0.3 is 4.74 Å². The van der Waals surface area contributed by atoms with Gasteiger partial charge in [0.05, 0.1) is 22.6 Å². The van der Waals surface area contributed by atoms with Gasteiger partial charge in [-0.15, -0.1) is 0 Å². The molecule has 10 heteroatoms. The number of benzene rings is 3. The molecule has 0 unspecified atom stereocenters. The number of carbonyl (C=O) groups excluding carboxylic acids is 1. The van der Waals surface area contributed by atoms with Crippen LogP contribution in [0.25, 0.3) is 0 Å². The molecule has 0 aliphatic rings. The van der Waals surface area contributed by atoms with Crippen LogP contribution < -0.4 is 9.04 Å². The number of nitro groups is 1. The number of nitro benzene ring substituents is 1. The minimum absolute atomic E-state index is 0.00565. The van der Waals surface area contributed by atoms with E-state index in [1.807, 2.05) is 0 Å². The number of sulfonamides is 1. The highest BCUT2D eigenvalue weighted by Crippen LogP contribution is 2.30. The topological polar surface area (TPSA) is 107 Å². The first-order chi connectivity index (χ1) is 14.3. The maximum Gasteiger partial charge on any atom is 0.282 e. The number of rotatable bonds is 6. The number of halogens is 1. The molecule has 3 rings (SSSR count). The van der Waals surface area contributed by atoms with Crippen LogP contribution in [0.5, 0.6) is 5.75 Å². The number of nitrogens with zero attached hydrogens (tertiary/aromatic N) is 2. The van der Waals surface area contributed by atoms with E-state index < -0.39 is 26.5 Å². The standard InChI is InChI=1S/C20H15ClN2O6S/c1-29-16-10-8-15(9-11-16)22(30(27,28)17-12-6-14(21)7-13-17)20(24)18-4-2-3-5-19(18)23(25)26/h2-13H,1H3. The van der Waals surface area contributed by atoms with E-state index in [2.05, 4.69) is 0 Å². The third-order valence-electron chi connectivity index (χ3n) is 4.17. The SMILES string of the molecule is COc1ccc(N(C(=O)c2ccccc2[N+](=O)[O-])S(=O)(=O)c2ccc(Cl)cc2)cc1. The van der Waals surface area contributed by atoms with Crippen LogP contribution in [0.3, 0.4) is 0 Å². The number of hydrogen-bond donors (Lipinski definition) is 0. The zero-order chi connectivity index (χ0) is 21.9. The number of methoxy groups -OCH3 is 1. The molecule has 3 aromatic carbocycles. The van der Waals surface area contributed by atoms with Gasteiger partial charge in [-0.3, -0.25) is 14.9 Å². The molecule has 0 aliphatic heterocycles. The predicted molar refractivity (Wildman–Crippen MR) is 112 cm³/mol. The molecular formula is C20H15ClN2O6S. The molecule has 3 aromatic rings. The van der Waals surface area contributed by atoms with E-state index in [9.17, 15) is 23.3 Å². The van der Waals surface area contributed by atoms with E-state index in [0.29, 0.717) is 15.1 Å². The predicted octanol–water partition coefficient (Wildman–Crippen LogP) is 4.29. The molecule has 0 bridgehead atoms. The van der Waals surface area contributed by atoms with Gasteiger partial charge in [0.1, 0.15) is 11.3 Å². The van der Waals surface area contributed by atoms with Crippen LogP contribution in [0.4, 0.5) is 11.4 Å². The highest BCUT2D eigenvalue weighted by molar-refractivity contribution is 7.93. The van der Waals surface area contributed by atoms with Gasteiger partial charge in [-0.1, -0.05) is 23.7 Å². The summed E-state index contributed by atoms with van der Waals surface area (Å²) in [4.78, 5) is 23.7. The highest BCUT2D eigenvalue weighted by Gasteiger charge is 2.35. The zero-order valence-electron chi connectivity index (χ0n) is 15.6. The van der Waals surface area contributed by atoms with Crippen molar-refractivity contribution < 1.29 is 22.9 Å². The fourth-order valence-corrected chi connectivity index (χ4v) is 4.25. The van der Waals surface area contributed by atoms with Crippen molar-refractivity contribution in [1.82, 2.24) is 0 Å². The Hall–Kier alpha value is -3.43. The van der Waals surface area contributed by atoms with Gasteiger partial charge in [0.15, 0.2) is 0 Å². The molecule has 0 aliphatic carbocycles. The average Bonchev–Trinajstić information content (AvgIpc) is 2.74. The van der Waals surface area contributed by atoms with Crippen molar-refractivity contribution in [3.63, 3.8) is 0 Å². The lowest BCUT2D eigenvalue weighted by Crippen LogP contribution is -2.37. The van der Waals surface area contributed by atoms with E-state index in [0.717, 1.165) is 6.07 Å². The van der Waals surface area contributed by atoms with Gasteiger partial charge in [0, 0.05) is 11.1 Å². The zero-order valence-corrected chi connectivity index (χ0v) is 17.1. The Kier molecular flexibility index (Phi) is 6.04. The summed E-state index contributed by atoms with van der Waals surface area (Å²) in [5.41, 5.74) is -0.878. The van der Waals surface area contributed by atoms with Crippen LogP contribution in [-0.4, -0.2) is 26.4 Å². The van der Waals surface area contributed by atoms with Crippen LogP contribution in [0.2, 0.25) is 5.02 Å². The normalized spacial score (nSPS) is 11.0. The Morgan fingerprint density at radius 3 is 2.17 bits per heavy atom. The van der Waals surface area contributed by atoms with Gasteiger partial charge in [0.25, 0.3) is 21.6 Å². The first kappa shape index (κ1) is 21.3. The molecule has 1 amide bonds. The first-order valence-electron chi connectivity index (χ1n) is 8.48. The second-order valence-electron chi connectivity index (χ2n) is 6.00. The van der Waals surface area contributed by atoms with Gasteiger partial charge in [-0.25, -0.2) is 8.42 Å². The molecule has 0 heterocycles. The van der Waals surface area contributed by atoms with Crippen molar-refractivity contribution in [1.29, 1.82) is 0 Å². The van der Waals surface area contributed by atoms with Gasteiger partial charge in [-0.2, -0.15) is 4.31 Å². The summed E-state index contributed by atoms with van der Waals surface area (Å²) in [6.07, 6.45) is 0. The Morgan fingerprint density at radius 1 is 1.00 bits per heavy atom. The largest absolute Gasteiger partial charge is 0.497 e. The summed E-state index contributed by atoms with van der Waals surface area (Å²) in [5.74, 6) is -0.622. The number of para-hydroxylation sites is 1. The lowest BCUT2D eigenvalue weighted by atomic mass is 10.1. The Balaban J connectivity index is 2.21. The number of ether oxygens (including phenoxy) is 1. The second-order valence-corrected chi connectivity index (χ2v) is 8.22. The Bertz CT molecular complexity index is 1190. The van der Waals surface area contributed by atoms with Crippen LogP contribution in [0, 0.1) is 10.1 Å². The summed E-state index contributed by atoms with van der Waals surface area (Å²) in [5, 5.41) is 11.7. The lowest BCUT2D eigenvalue weighted by Gasteiger charge is -2.23. The molecule has 8 nitrogen and oxygen atoms in total. The molecule has 0 N–H and O–H groups in total. The molecule has 0 radical (unpaired) electrons. The summed E-state index contributed by atoms with van der Waals surface area (Å²) >= 11 is 5.84. The van der Waals surface area contributed by atoms with E-state index in [4.69, 9.17) is 16.3 Å². The van der Waals surface area contributed by atoms with Gasteiger partial charge in [0.2, 0.25) is 0 Å². The molecule has 154 valence electrons. The molecular weight excluding hydrogens is 432 g/mol. The third kappa shape index (κ3) is 4.12. The summed E-state index contributed by atoms with van der Waals surface area (Å²) < 4.78 is 32.3. The van der Waals surface area contributed by atoms with Crippen molar-refractivity contribution >= 4 is 38.9 Å². The van der Waals surface area contributed by atoms with Crippen LogP contribution in [-0.2, 0) is 10.0 Å². The quantitative estimate of drug-likeness (QED) is 0.413. The molecule has 0 spiro atoms. The van der Waals surface area contributed by atoms with E-state index in [-0.39, 0.29) is 16.1 Å². The molecule has 0 atom stereocenters. The average molecular weight is 447 g/mol. The minimum Gasteiger partial charge on any atom is -0.497 e. The fourth-order valence-electron chi connectivity index (χ4n) is 2.72. The lowest BCUT2D eigenvalue weighted by molar-refractivity contribution is -0.385. The van der Waals surface area contributed by atoms with E-state index in [1.165, 1.54) is 73.8 Å². The molecule has 0 saturated carbocycles. The molecule has 0 fully saturated rings. The number of amides is 1.